The van der Waals surface area contributed by atoms with E-state index in [0.717, 1.165) is 61.0 Å². The van der Waals surface area contributed by atoms with E-state index in [9.17, 15) is 0 Å². The van der Waals surface area contributed by atoms with Crippen molar-refractivity contribution < 1.29 is 14.2 Å². The van der Waals surface area contributed by atoms with Crippen LogP contribution in [0.3, 0.4) is 0 Å². The molecule has 27 heavy (non-hydrogen) atoms. The van der Waals surface area contributed by atoms with Gasteiger partial charge in [0.15, 0.2) is 0 Å². The highest BCUT2D eigenvalue weighted by Gasteiger charge is 2.01. The van der Waals surface area contributed by atoms with E-state index in [1.165, 1.54) is 0 Å². The first kappa shape index (κ1) is 20.8. The van der Waals surface area contributed by atoms with Crippen molar-refractivity contribution in [3.63, 3.8) is 0 Å². The minimum absolute atomic E-state index is 0.745. The lowest BCUT2D eigenvalue weighted by Gasteiger charge is -2.17. The number of hydrogen-bond donors (Lipinski definition) is 0. The highest BCUT2D eigenvalue weighted by atomic mass is 16.5. The molecule has 0 unspecified atom stereocenters. The van der Waals surface area contributed by atoms with Gasteiger partial charge < -0.3 is 19.1 Å². The average molecular weight is 370 g/mol. The maximum absolute atomic E-state index is 5.84. The monoisotopic (exact) mass is 369 g/mol. The summed E-state index contributed by atoms with van der Waals surface area (Å²) in [5.41, 5.74) is 2.15. The van der Waals surface area contributed by atoms with E-state index in [0.29, 0.717) is 0 Å². The Hall–Kier alpha value is -2.46. The molecule has 0 amide bonds. The molecule has 0 aliphatic carbocycles. The van der Waals surface area contributed by atoms with Crippen molar-refractivity contribution in [3.05, 3.63) is 53.6 Å². The number of benzene rings is 2. The van der Waals surface area contributed by atoms with E-state index in [1.807, 2.05) is 36.4 Å². The molecular formula is C23H31NO3. The van der Waals surface area contributed by atoms with Crippen LogP contribution < -0.4 is 14.2 Å². The topological polar surface area (TPSA) is 30.9 Å². The zero-order valence-electron chi connectivity index (χ0n) is 16.9. The molecule has 0 spiro atoms. The van der Waals surface area contributed by atoms with Crippen LogP contribution in [0.5, 0.6) is 17.2 Å². The summed E-state index contributed by atoms with van der Waals surface area (Å²) in [5.74, 6) is 2.47. The number of rotatable bonds is 11. The third kappa shape index (κ3) is 6.99. The van der Waals surface area contributed by atoms with Gasteiger partial charge >= 0.3 is 0 Å². The fourth-order valence-corrected chi connectivity index (χ4v) is 2.81. The fourth-order valence-electron chi connectivity index (χ4n) is 2.81. The minimum Gasteiger partial charge on any atom is -0.497 e. The molecule has 0 fully saturated rings. The van der Waals surface area contributed by atoms with Gasteiger partial charge in [-0.05, 0) is 54.9 Å². The second-order valence-corrected chi connectivity index (χ2v) is 6.28. The molecular weight excluding hydrogens is 338 g/mol. The van der Waals surface area contributed by atoms with Gasteiger partial charge in [-0.1, -0.05) is 38.1 Å². The van der Waals surface area contributed by atoms with Crippen molar-refractivity contribution in [2.75, 3.05) is 40.5 Å². The molecule has 0 atom stereocenters. The lowest BCUT2D eigenvalue weighted by molar-refractivity contribution is 0.249. The molecule has 146 valence electrons. The SMILES string of the molecule is CCN(CC)CCCOc1ccc(/C=C/c2cc(OC)cc(OC)c2)cc1. The first-order chi connectivity index (χ1) is 13.2. The van der Waals surface area contributed by atoms with Crippen molar-refractivity contribution in [2.24, 2.45) is 0 Å². The van der Waals surface area contributed by atoms with E-state index >= 15 is 0 Å². The van der Waals surface area contributed by atoms with Gasteiger partial charge in [-0.15, -0.1) is 0 Å². The smallest absolute Gasteiger partial charge is 0.123 e. The summed E-state index contributed by atoms with van der Waals surface area (Å²) in [7, 11) is 3.31. The van der Waals surface area contributed by atoms with Crippen LogP contribution in [0, 0.1) is 0 Å². The Kier molecular flexibility index (Phi) is 8.72. The highest BCUT2D eigenvalue weighted by molar-refractivity contribution is 5.71. The van der Waals surface area contributed by atoms with Crippen LogP contribution in [0.15, 0.2) is 42.5 Å². The molecule has 0 saturated heterocycles. The molecule has 0 aliphatic rings. The van der Waals surface area contributed by atoms with Crippen molar-refractivity contribution in [3.8, 4) is 17.2 Å². The van der Waals surface area contributed by atoms with E-state index in [2.05, 4.69) is 37.0 Å². The summed E-state index contributed by atoms with van der Waals surface area (Å²) >= 11 is 0. The number of methoxy groups -OCH3 is 2. The van der Waals surface area contributed by atoms with Crippen molar-refractivity contribution >= 4 is 12.2 Å². The molecule has 0 heterocycles. The largest absolute Gasteiger partial charge is 0.497 e. The molecule has 2 aromatic rings. The van der Waals surface area contributed by atoms with Crippen LogP contribution in [0.4, 0.5) is 0 Å². The Morgan fingerprint density at radius 1 is 0.778 bits per heavy atom. The van der Waals surface area contributed by atoms with Crippen LogP contribution in [0.25, 0.3) is 12.2 Å². The van der Waals surface area contributed by atoms with Crippen LogP contribution in [0.2, 0.25) is 0 Å². The van der Waals surface area contributed by atoms with Gasteiger partial charge in [-0.2, -0.15) is 0 Å². The van der Waals surface area contributed by atoms with Crippen LogP contribution >= 0.6 is 0 Å². The Morgan fingerprint density at radius 3 is 1.93 bits per heavy atom. The average Bonchev–Trinajstić information content (AvgIpc) is 2.72. The normalized spacial score (nSPS) is 11.1. The Bertz CT molecular complexity index is 684. The Labute approximate surface area is 163 Å². The van der Waals surface area contributed by atoms with Crippen molar-refractivity contribution in [1.29, 1.82) is 0 Å². The summed E-state index contributed by atoms with van der Waals surface area (Å²) in [4.78, 5) is 2.41. The van der Waals surface area contributed by atoms with Gasteiger partial charge in [0.25, 0.3) is 0 Å². The van der Waals surface area contributed by atoms with Gasteiger partial charge in [0, 0.05) is 12.6 Å². The summed E-state index contributed by atoms with van der Waals surface area (Å²) in [5, 5.41) is 0. The summed E-state index contributed by atoms with van der Waals surface area (Å²) in [6, 6.07) is 14.0. The van der Waals surface area contributed by atoms with E-state index in [1.54, 1.807) is 14.2 Å². The second-order valence-electron chi connectivity index (χ2n) is 6.28. The van der Waals surface area contributed by atoms with Crippen molar-refractivity contribution in [1.82, 2.24) is 4.90 Å². The molecule has 4 heteroatoms. The predicted molar refractivity (Wildman–Crippen MR) is 113 cm³/mol. The minimum atomic E-state index is 0.745. The standard InChI is InChI=1S/C23H31NO3/c1-5-24(6-2)14-7-15-27-21-12-10-19(11-13-21)8-9-20-16-22(25-3)18-23(17-20)26-4/h8-13,16-18H,5-7,14-15H2,1-4H3/b9-8+. The van der Waals surface area contributed by atoms with Crippen LogP contribution in [-0.2, 0) is 0 Å². The third-order valence-corrected chi connectivity index (χ3v) is 4.50. The van der Waals surface area contributed by atoms with E-state index < -0.39 is 0 Å². The number of hydrogen-bond acceptors (Lipinski definition) is 4. The lowest BCUT2D eigenvalue weighted by atomic mass is 10.1. The third-order valence-electron chi connectivity index (χ3n) is 4.50. The lowest BCUT2D eigenvalue weighted by Crippen LogP contribution is -2.25. The number of nitrogens with zero attached hydrogens (tertiary/aromatic N) is 1. The molecule has 4 nitrogen and oxygen atoms in total. The van der Waals surface area contributed by atoms with Gasteiger partial charge in [0.2, 0.25) is 0 Å². The predicted octanol–water partition coefficient (Wildman–Crippen LogP) is 4.98. The molecule has 0 saturated carbocycles. The van der Waals surface area contributed by atoms with Gasteiger partial charge in [0.05, 0.1) is 20.8 Å². The van der Waals surface area contributed by atoms with Crippen LogP contribution in [0.1, 0.15) is 31.4 Å². The summed E-state index contributed by atoms with van der Waals surface area (Å²) in [6.07, 6.45) is 5.16. The molecule has 0 radical (unpaired) electrons. The van der Waals surface area contributed by atoms with Gasteiger partial charge in [-0.25, -0.2) is 0 Å². The second kappa shape index (κ2) is 11.3. The Balaban J connectivity index is 1.89. The molecule has 0 N–H and O–H groups in total. The maximum atomic E-state index is 5.84. The molecule has 0 bridgehead atoms. The molecule has 0 aliphatic heterocycles. The van der Waals surface area contributed by atoms with Gasteiger partial charge in [0.1, 0.15) is 17.2 Å². The zero-order valence-corrected chi connectivity index (χ0v) is 16.9. The zero-order chi connectivity index (χ0) is 19.5. The molecule has 2 rings (SSSR count). The highest BCUT2D eigenvalue weighted by Crippen LogP contribution is 2.24. The summed E-state index contributed by atoms with van der Waals surface area (Å²) in [6.45, 7) is 8.40. The fraction of sp³-hybridized carbons (Fsp3) is 0.391. The quantitative estimate of drug-likeness (QED) is 0.413. The van der Waals surface area contributed by atoms with E-state index in [4.69, 9.17) is 14.2 Å². The van der Waals surface area contributed by atoms with Crippen molar-refractivity contribution in [2.45, 2.75) is 20.3 Å². The molecule has 2 aromatic carbocycles. The Morgan fingerprint density at radius 2 is 1.37 bits per heavy atom. The summed E-state index contributed by atoms with van der Waals surface area (Å²) < 4.78 is 16.5. The first-order valence-corrected chi connectivity index (χ1v) is 9.54. The van der Waals surface area contributed by atoms with E-state index in [-0.39, 0.29) is 0 Å². The molecule has 0 aromatic heterocycles. The van der Waals surface area contributed by atoms with Gasteiger partial charge in [-0.3, -0.25) is 0 Å². The first-order valence-electron chi connectivity index (χ1n) is 9.54. The van der Waals surface area contributed by atoms with Crippen LogP contribution in [-0.4, -0.2) is 45.4 Å². The number of ether oxygens (including phenoxy) is 3. The maximum Gasteiger partial charge on any atom is 0.123 e.